The molecule has 0 aliphatic rings. The monoisotopic (exact) mass is 464 g/mol. The lowest BCUT2D eigenvalue weighted by Gasteiger charge is -2.12. The minimum Gasteiger partial charge on any atom is -0.319 e. The molecule has 170 valence electrons. The van der Waals surface area contributed by atoms with Crippen molar-refractivity contribution in [3.05, 3.63) is 88.6 Å². The fraction of sp³-hybridized carbons (Fsp3) is 0.136. The highest BCUT2D eigenvalue weighted by atomic mass is 19.4. The molecule has 0 unspecified atom stereocenters. The fourth-order valence-corrected chi connectivity index (χ4v) is 3.24. The lowest BCUT2D eigenvalue weighted by Crippen LogP contribution is -2.16. The van der Waals surface area contributed by atoms with Crippen LogP contribution in [0.25, 0.3) is 10.9 Å². The highest BCUT2D eigenvalue weighted by molar-refractivity contribution is 6.12. The summed E-state index contributed by atoms with van der Waals surface area (Å²) in [5, 5.41) is 6.40. The van der Waals surface area contributed by atoms with E-state index in [2.05, 4.69) is 15.4 Å². The molecular weight excluding hydrogens is 450 g/mol. The normalized spacial score (nSPS) is 11.7. The Bertz CT molecular complexity index is 1360. The Morgan fingerprint density at radius 2 is 1.70 bits per heavy atom. The van der Waals surface area contributed by atoms with Crippen LogP contribution in [0.2, 0.25) is 0 Å². The van der Waals surface area contributed by atoms with E-state index in [0.717, 1.165) is 5.56 Å². The summed E-state index contributed by atoms with van der Waals surface area (Å²) in [5.41, 5.74) is -1.19. The van der Waals surface area contributed by atoms with Gasteiger partial charge in [-0.15, -0.1) is 0 Å². The van der Waals surface area contributed by atoms with Crippen LogP contribution >= 0.6 is 0 Å². The van der Waals surface area contributed by atoms with Gasteiger partial charge in [-0.25, -0.2) is 18.2 Å². The third-order valence-corrected chi connectivity index (χ3v) is 4.84. The average Bonchev–Trinajstić information content (AvgIpc) is 3.07. The number of fused-ring (bicyclic) bond motifs is 1. The number of pyridine rings is 1. The van der Waals surface area contributed by atoms with E-state index in [0.29, 0.717) is 23.9 Å². The summed E-state index contributed by atoms with van der Waals surface area (Å²) < 4.78 is 81.7. The Morgan fingerprint density at radius 3 is 2.36 bits per heavy atom. The number of alkyl halides is 3. The van der Waals surface area contributed by atoms with E-state index < -0.39 is 46.3 Å². The molecule has 0 spiro atoms. The Kier molecular flexibility index (Phi) is 5.56. The first-order valence-corrected chi connectivity index (χ1v) is 9.48. The number of aromatic nitrogens is 3. The second kappa shape index (κ2) is 8.23. The van der Waals surface area contributed by atoms with Crippen LogP contribution in [0.1, 0.15) is 27.3 Å². The van der Waals surface area contributed by atoms with Gasteiger partial charge in [0.25, 0.3) is 5.91 Å². The van der Waals surface area contributed by atoms with E-state index in [9.17, 15) is 31.1 Å². The minimum absolute atomic E-state index is 0.197. The van der Waals surface area contributed by atoms with Gasteiger partial charge in [-0.2, -0.15) is 18.3 Å². The predicted molar refractivity (Wildman–Crippen MR) is 107 cm³/mol. The maximum atomic E-state index is 13.8. The summed E-state index contributed by atoms with van der Waals surface area (Å²) in [6, 6.07) is 7.28. The van der Waals surface area contributed by atoms with Crippen molar-refractivity contribution < 1.29 is 31.1 Å². The molecule has 2 aromatic heterocycles. The zero-order chi connectivity index (χ0) is 23.9. The summed E-state index contributed by atoms with van der Waals surface area (Å²) in [5.74, 6) is -4.11. The van der Waals surface area contributed by atoms with Gasteiger partial charge in [0.15, 0.2) is 11.6 Å². The quantitative estimate of drug-likeness (QED) is 0.407. The number of hydrogen-bond acceptors (Lipinski definition) is 3. The highest BCUT2D eigenvalue weighted by Crippen LogP contribution is 2.32. The first-order chi connectivity index (χ1) is 15.5. The van der Waals surface area contributed by atoms with Gasteiger partial charge >= 0.3 is 6.18 Å². The Morgan fingerprint density at radius 1 is 1.03 bits per heavy atom. The second-order valence-electron chi connectivity index (χ2n) is 7.24. The molecule has 0 saturated heterocycles. The summed E-state index contributed by atoms with van der Waals surface area (Å²) in [6.07, 6.45) is -3.46. The van der Waals surface area contributed by atoms with Gasteiger partial charge in [0.05, 0.1) is 29.0 Å². The van der Waals surface area contributed by atoms with Crippen molar-refractivity contribution >= 4 is 22.5 Å². The molecule has 0 atom stereocenters. The third-order valence-electron chi connectivity index (χ3n) is 4.84. The van der Waals surface area contributed by atoms with Crippen molar-refractivity contribution in [1.82, 2.24) is 14.8 Å². The molecule has 2 heterocycles. The van der Waals surface area contributed by atoms with E-state index in [4.69, 9.17) is 0 Å². The molecule has 0 aliphatic carbocycles. The van der Waals surface area contributed by atoms with Gasteiger partial charge in [-0.3, -0.25) is 9.48 Å². The summed E-state index contributed by atoms with van der Waals surface area (Å²) in [7, 11) is 0. The van der Waals surface area contributed by atoms with Gasteiger partial charge in [-0.05, 0) is 36.8 Å². The summed E-state index contributed by atoms with van der Waals surface area (Å²) in [6.45, 7) is 1.81. The van der Waals surface area contributed by atoms with Crippen molar-refractivity contribution in [3.63, 3.8) is 0 Å². The molecule has 5 nitrogen and oxygen atoms in total. The van der Waals surface area contributed by atoms with Crippen LogP contribution in [-0.4, -0.2) is 20.7 Å². The molecule has 4 aromatic rings. The van der Waals surface area contributed by atoms with Crippen LogP contribution in [0.15, 0.2) is 48.7 Å². The second-order valence-corrected chi connectivity index (χ2v) is 7.24. The minimum atomic E-state index is -4.91. The van der Waals surface area contributed by atoms with Crippen molar-refractivity contribution in [2.24, 2.45) is 0 Å². The molecule has 0 saturated carbocycles. The first kappa shape index (κ1) is 22.3. The number of hydrogen-bond donors (Lipinski definition) is 1. The maximum Gasteiger partial charge on any atom is 0.433 e. The smallest absolute Gasteiger partial charge is 0.319 e. The van der Waals surface area contributed by atoms with Crippen LogP contribution in [0.4, 0.5) is 32.0 Å². The zero-order valence-electron chi connectivity index (χ0n) is 16.8. The topological polar surface area (TPSA) is 59.8 Å². The molecule has 0 aliphatic heterocycles. The number of halogens is 6. The molecule has 2 aromatic carbocycles. The molecule has 11 heteroatoms. The van der Waals surface area contributed by atoms with Crippen molar-refractivity contribution in [2.45, 2.75) is 19.6 Å². The van der Waals surface area contributed by atoms with Gasteiger partial charge in [0.1, 0.15) is 11.5 Å². The van der Waals surface area contributed by atoms with Gasteiger partial charge in [0, 0.05) is 17.6 Å². The van der Waals surface area contributed by atoms with Crippen LogP contribution in [-0.2, 0) is 12.7 Å². The van der Waals surface area contributed by atoms with Gasteiger partial charge < -0.3 is 5.32 Å². The molecule has 33 heavy (non-hydrogen) atoms. The van der Waals surface area contributed by atoms with Crippen LogP contribution in [0.5, 0.6) is 0 Å². The van der Waals surface area contributed by atoms with E-state index in [-0.39, 0.29) is 17.6 Å². The van der Waals surface area contributed by atoms with E-state index in [1.54, 1.807) is 19.1 Å². The van der Waals surface area contributed by atoms with E-state index in [1.807, 2.05) is 0 Å². The van der Waals surface area contributed by atoms with E-state index >= 15 is 0 Å². The molecule has 4 rings (SSSR count). The van der Waals surface area contributed by atoms with Crippen LogP contribution < -0.4 is 5.32 Å². The van der Waals surface area contributed by atoms with Gasteiger partial charge in [0.2, 0.25) is 0 Å². The number of aryl methyl sites for hydroxylation is 1. The number of nitrogens with zero attached hydrogens (tertiary/aromatic N) is 3. The molecule has 1 amide bonds. The Hall–Kier alpha value is -3.89. The fourth-order valence-electron chi connectivity index (χ4n) is 3.24. The molecule has 0 radical (unpaired) electrons. The standard InChI is InChI=1S/C22H14F6N4O/c1-11-19(10-32(31-11)9-12-2-4-13(23)5-3-12)30-21(33)15-7-20(22(26,27)28)29-18-8-17(25)16(24)6-14(15)18/h2-8,10H,9H2,1H3,(H,30,33). The van der Waals surface area contributed by atoms with Crippen LogP contribution in [0.3, 0.4) is 0 Å². The molecule has 1 N–H and O–H groups in total. The van der Waals surface area contributed by atoms with Crippen molar-refractivity contribution in [3.8, 4) is 0 Å². The Balaban J connectivity index is 1.68. The first-order valence-electron chi connectivity index (χ1n) is 9.48. The maximum absolute atomic E-state index is 13.8. The summed E-state index contributed by atoms with van der Waals surface area (Å²) in [4.78, 5) is 16.2. The average molecular weight is 464 g/mol. The third kappa shape index (κ3) is 4.66. The Labute approximate surface area is 182 Å². The molecule has 0 bridgehead atoms. The number of carbonyl (C=O) groups excluding carboxylic acids is 1. The summed E-state index contributed by atoms with van der Waals surface area (Å²) >= 11 is 0. The lowest BCUT2D eigenvalue weighted by molar-refractivity contribution is -0.140. The number of nitrogens with one attached hydrogen (secondary N) is 1. The molecular formula is C22H14F6N4O. The largest absolute Gasteiger partial charge is 0.433 e. The van der Waals surface area contributed by atoms with Crippen molar-refractivity contribution in [1.29, 1.82) is 0 Å². The van der Waals surface area contributed by atoms with Crippen LogP contribution in [0, 0.1) is 24.4 Å². The molecule has 0 fully saturated rings. The number of carbonyl (C=O) groups is 1. The van der Waals surface area contributed by atoms with Crippen molar-refractivity contribution in [2.75, 3.05) is 5.32 Å². The number of benzene rings is 2. The van der Waals surface area contributed by atoms with Gasteiger partial charge in [-0.1, -0.05) is 12.1 Å². The zero-order valence-corrected chi connectivity index (χ0v) is 16.8. The number of amides is 1. The SMILES string of the molecule is Cc1nn(Cc2ccc(F)cc2)cc1NC(=O)c1cc(C(F)(F)F)nc2cc(F)c(F)cc12. The number of anilines is 1. The van der Waals surface area contributed by atoms with E-state index in [1.165, 1.54) is 23.0 Å². The lowest BCUT2D eigenvalue weighted by atomic mass is 10.1. The highest BCUT2D eigenvalue weighted by Gasteiger charge is 2.34. The predicted octanol–water partition coefficient (Wildman–Crippen LogP) is 5.48. The number of rotatable bonds is 4.